The second-order valence-corrected chi connectivity index (χ2v) is 6.72. The Labute approximate surface area is 156 Å². The molecule has 8 heteroatoms. The van der Waals surface area contributed by atoms with E-state index in [0.717, 1.165) is 37.4 Å². The minimum absolute atomic E-state index is 0.275. The molecule has 1 saturated heterocycles. The van der Waals surface area contributed by atoms with Crippen molar-refractivity contribution < 1.29 is 9.18 Å². The molecule has 0 bridgehead atoms. The van der Waals surface area contributed by atoms with Gasteiger partial charge in [0.05, 0.1) is 23.8 Å². The average molecular weight is 368 g/mol. The third-order valence-corrected chi connectivity index (χ3v) is 4.78. The molecule has 3 aromatic rings. The number of nitrogens with zero attached hydrogens (tertiary/aromatic N) is 3. The molecule has 27 heavy (non-hydrogen) atoms. The average Bonchev–Trinajstić information content (AvgIpc) is 3.30. The predicted octanol–water partition coefficient (Wildman–Crippen LogP) is 2.76. The highest BCUT2D eigenvalue weighted by Crippen LogP contribution is 2.24. The molecule has 0 radical (unpaired) electrons. The number of nitrogens with one attached hydrogen (secondary N) is 3. The molecule has 2 aromatic heterocycles. The molecule has 1 amide bonds. The highest BCUT2D eigenvalue weighted by molar-refractivity contribution is 6.03. The Morgan fingerprint density at radius 3 is 2.74 bits per heavy atom. The molecule has 0 spiro atoms. The molecule has 1 aliphatic heterocycles. The van der Waals surface area contributed by atoms with E-state index in [9.17, 15) is 9.18 Å². The van der Waals surface area contributed by atoms with Crippen molar-refractivity contribution in [3.63, 3.8) is 0 Å². The van der Waals surface area contributed by atoms with Crippen molar-refractivity contribution >= 4 is 11.6 Å². The van der Waals surface area contributed by atoms with Crippen LogP contribution in [0, 0.1) is 12.7 Å². The van der Waals surface area contributed by atoms with Crippen molar-refractivity contribution in [2.45, 2.75) is 25.7 Å². The monoisotopic (exact) mass is 368 g/mol. The fourth-order valence-electron chi connectivity index (χ4n) is 3.31. The van der Waals surface area contributed by atoms with E-state index in [2.05, 4.69) is 25.7 Å². The van der Waals surface area contributed by atoms with E-state index in [1.54, 1.807) is 29.2 Å². The minimum Gasteiger partial charge on any atom is -0.345 e. The zero-order valence-corrected chi connectivity index (χ0v) is 15.0. The van der Waals surface area contributed by atoms with Gasteiger partial charge in [-0.25, -0.2) is 14.1 Å². The van der Waals surface area contributed by atoms with E-state index in [-0.39, 0.29) is 11.7 Å². The highest BCUT2D eigenvalue weighted by Gasteiger charge is 2.22. The number of carbonyl (C=O) groups is 1. The number of imidazole rings is 1. The van der Waals surface area contributed by atoms with E-state index in [4.69, 9.17) is 0 Å². The smallest absolute Gasteiger partial charge is 0.276 e. The van der Waals surface area contributed by atoms with E-state index < -0.39 is 0 Å². The largest absolute Gasteiger partial charge is 0.345 e. The van der Waals surface area contributed by atoms with Gasteiger partial charge in [0, 0.05) is 11.6 Å². The first-order valence-corrected chi connectivity index (χ1v) is 8.99. The molecule has 7 nitrogen and oxygen atoms in total. The number of benzene rings is 1. The van der Waals surface area contributed by atoms with E-state index >= 15 is 0 Å². The first kappa shape index (κ1) is 17.4. The van der Waals surface area contributed by atoms with Crippen LogP contribution in [0.3, 0.4) is 0 Å². The number of carbonyl (C=O) groups excluding carboxylic acids is 1. The van der Waals surface area contributed by atoms with Crippen molar-refractivity contribution in [2.75, 3.05) is 18.4 Å². The number of hydrogen-bond acceptors (Lipinski definition) is 4. The van der Waals surface area contributed by atoms with Gasteiger partial charge in [-0.1, -0.05) is 0 Å². The lowest BCUT2D eigenvalue weighted by molar-refractivity contribution is 0.102. The third kappa shape index (κ3) is 3.75. The summed E-state index contributed by atoms with van der Waals surface area (Å²) in [6.45, 7) is 3.79. The maximum atomic E-state index is 13.0. The first-order chi connectivity index (χ1) is 13.1. The standard InChI is InChI=1S/C19H21FN6O/c1-12-17(25-18(23-12)13-6-8-21-9-7-13)19(27)24-15-10-22-26(11-15)16-4-2-14(20)3-5-16/h2-5,10-11,13,21H,6-9H2,1H3,(H,23,25)(H,24,27). The second-order valence-electron chi connectivity index (χ2n) is 6.72. The maximum Gasteiger partial charge on any atom is 0.276 e. The molecule has 3 N–H and O–H groups in total. The van der Waals surface area contributed by atoms with Crippen LogP contribution >= 0.6 is 0 Å². The molecule has 0 unspecified atom stereocenters. The molecule has 1 aromatic carbocycles. The van der Waals surface area contributed by atoms with Gasteiger partial charge in [0.2, 0.25) is 0 Å². The number of piperidine rings is 1. The number of aryl methyl sites for hydroxylation is 1. The number of H-pyrrole nitrogens is 1. The quantitative estimate of drug-likeness (QED) is 0.661. The van der Waals surface area contributed by atoms with Crippen molar-refractivity contribution in [2.24, 2.45) is 0 Å². The van der Waals surface area contributed by atoms with Crippen LogP contribution in [0.4, 0.5) is 10.1 Å². The zero-order valence-electron chi connectivity index (χ0n) is 15.0. The summed E-state index contributed by atoms with van der Waals surface area (Å²) in [5, 5.41) is 10.4. The number of rotatable bonds is 4. The molecule has 1 aliphatic rings. The van der Waals surface area contributed by atoms with Crippen LogP contribution in [-0.2, 0) is 0 Å². The minimum atomic E-state index is -0.307. The number of anilines is 1. The van der Waals surface area contributed by atoms with Gasteiger partial charge in [-0.15, -0.1) is 0 Å². The summed E-state index contributed by atoms with van der Waals surface area (Å²) in [6.07, 6.45) is 5.26. The van der Waals surface area contributed by atoms with Crippen LogP contribution in [-0.4, -0.2) is 38.7 Å². The van der Waals surface area contributed by atoms with Gasteiger partial charge < -0.3 is 15.6 Å². The Bertz CT molecular complexity index is 940. The summed E-state index contributed by atoms with van der Waals surface area (Å²) in [5.74, 6) is 0.648. The molecule has 0 aliphatic carbocycles. The van der Waals surface area contributed by atoms with Crippen LogP contribution in [0.15, 0.2) is 36.7 Å². The van der Waals surface area contributed by atoms with Gasteiger partial charge in [0.15, 0.2) is 0 Å². The van der Waals surface area contributed by atoms with Gasteiger partial charge >= 0.3 is 0 Å². The topological polar surface area (TPSA) is 87.6 Å². The van der Waals surface area contributed by atoms with E-state index in [1.807, 2.05) is 6.92 Å². The normalized spacial score (nSPS) is 15.0. The third-order valence-electron chi connectivity index (χ3n) is 4.78. The Kier molecular flexibility index (Phi) is 4.72. The van der Waals surface area contributed by atoms with Gasteiger partial charge in [-0.3, -0.25) is 4.79 Å². The summed E-state index contributed by atoms with van der Waals surface area (Å²) in [7, 11) is 0. The highest BCUT2D eigenvalue weighted by atomic mass is 19.1. The van der Waals surface area contributed by atoms with Gasteiger partial charge in [0.25, 0.3) is 5.91 Å². The molecule has 0 saturated carbocycles. The number of amides is 1. The summed E-state index contributed by atoms with van der Waals surface area (Å²) >= 11 is 0. The van der Waals surface area contributed by atoms with Gasteiger partial charge in [-0.05, 0) is 57.1 Å². The Hall–Kier alpha value is -3.00. The molecular weight excluding hydrogens is 347 g/mol. The zero-order chi connectivity index (χ0) is 18.8. The SMILES string of the molecule is Cc1[nH]c(C2CCNCC2)nc1C(=O)Nc1cnn(-c2ccc(F)cc2)c1. The van der Waals surface area contributed by atoms with Crippen LogP contribution in [0.25, 0.3) is 5.69 Å². The summed E-state index contributed by atoms with van der Waals surface area (Å²) in [6, 6.07) is 5.98. The van der Waals surface area contributed by atoms with Gasteiger partial charge in [-0.2, -0.15) is 5.10 Å². The fraction of sp³-hybridized carbons (Fsp3) is 0.316. The molecule has 140 valence electrons. The summed E-state index contributed by atoms with van der Waals surface area (Å²) < 4.78 is 14.6. The molecule has 3 heterocycles. The Morgan fingerprint density at radius 1 is 1.26 bits per heavy atom. The predicted molar refractivity (Wildman–Crippen MR) is 99.6 cm³/mol. The lowest BCUT2D eigenvalue weighted by Gasteiger charge is -2.20. The number of hydrogen-bond donors (Lipinski definition) is 3. The summed E-state index contributed by atoms with van der Waals surface area (Å²) in [4.78, 5) is 20.4. The van der Waals surface area contributed by atoms with Crippen molar-refractivity contribution in [3.05, 3.63) is 59.7 Å². The Morgan fingerprint density at radius 2 is 2.00 bits per heavy atom. The number of aromatic nitrogens is 4. The van der Waals surface area contributed by atoms with Crippen LogP contribution in [0.5, 0.6) is 0 Å². The lowest BCUT2D eigenvalue weighted by Crippen LogP contribution is -2.27. The number of halogens is 1. The van der Waals surface area contributed by atoms with Crippen LogP contribution in [0.1, 0.15) is 40.8 Å². The summed E-state index contributed by atoms with van der Waals surface area (Å²) in [5.41, 5.74) is 2.42. The van der Waals surface area contributed by atoms with Crippen LogP contribution < -0.4 is 10.6 Å². The van der Waals surface area contributed by atoms with Gasteiger partial charge in [0.1, 0.15) is 17.3 Å². The first-order valence-electron chi connectivity index (χ1n) is 8.99. The van der Waals surface area contributed by atoms with E-state index in [0.29, 0.717) is 23.0 Å². The van der Waals surface area contributed by atoms with Crippen molar-refractivity contribution in [1.82, 2.24) is 25.1 Å². The number of aromatic amines is 1. The Balaban J connectivity index is 1.48. The van der Waals surface area contributed by atoms with E-state index in [1.165, 1.54) is 12.1 Å². The molecule has 0 atom stereocenters. The second kappa shape index (κ2) is 7.32. The molecule has 1 fully saturated rings. The fourth-order valence-corrected chi connectivity index (χ4v) is 3.31. The molecule has 4 rings (SSSR count). The lowest BCUT2D eigenvalue weighted by atomic mass is 9.98. The molecular formula is C19H21FN6O. The van der Waals surface area contributed by atoms with Crippen LogP contribution in [0.2, 0.25) is 0 Å². The van der Waals surface area contributed by atoms with Crippen molar-refractivity contribution in [3.8, 4) is 5.69 Å². The van der Waals surface area contributed by atoms with Crippen molar-refractivity contribution in [1.29, 1.82) is 0 Å². The maximum absolute atomic E-state index is 13.0.